The van der Waals surface area contributed by atoms with Gasteiger partial charge in [0.25, 0.3) is 0 Å². The van der Waals surface area contributed by atoms with Crippen molar-refractivity contribution in [2.45, 2.75) is 32.4 Å². The quantitative estimate of drug-likeness (QED) is 0.235. The van der Waals surface area contributed by atoms with Crippen LogP contribution in [0.3, 0.4) is 0 Å². The largest absolute Gasteiger partial charge is 0.480 e. The summed E-state index contributed by atoms with van der Waals surface area (Å²) in [5.41, 5.74) is 1.90. The number of aliphatic carboxylic acids is 4. The van der Waals surface area contributed by atoms with Crippen molar-refractivity contribution in [3.8, 4) is 0 Å². The highest BCUT2D eigenvalue weighted by Crippen LogP contribution is 2.16. The van der Waals surface area contributed by atoms with Gasteiger partial charge in [-0.15, -0.1) is 0 Å². The van der Waals surface area contributed by atoms with E-state index in [0.717, 1.165) is 11.3 Å². The van der Waals surface area contributed by atoms with Crippen molar-refractivity contribution in [1.29, 1.82) is 0 Å². The van der Waals surface area contributed by atoms with Gasteiger partial charge in [-0.05, 0) is 38.0 Å². The lowest BCUT2D eigenvalue weighted by Gasteiger charge is -2.37. The Hall–Kier alpha value is -3.26. The zero-order valence-electron chi connectivity index (χ0n) is 22.7. The van der Waals surface area contributed by atoms with E-state index in [9.17, 15) is 39.6 Å². The average Bonchev–Trinajstić information content (AvgIpc) is 2.81. The number of carboxylic acids is 4. The number of rotatable bonds is 12. The Balaban J connectivity index is 2.39. The topological polar surface area (TPSA) is 174 Å². The molecular weight excluding hydrogens is 510 g/mol. The number of hydrogen-bond acceptors (Lipinski definition) is 9. The molecule has 1 heterocycles. The summed E-state index contributed by atoms with van der Waals surface area (Å²) in [4.78, 5) is 53.2. The van der Waals surface area contributed by atoms with Gasteiger partial charge in [-0.1, -0.05) is 12.1 Å². The van der Waals surface area contributed by atoms with Gasteiger partial charge in [0.2, 0.25) is 0 Å². The third-order valence-electron chi connectivity index (χ3n) is 6.45. The maximum atomic E-state index is 11.8. The second-order valence-electron chi connectivity index (χ2n) is 10.2. The number of carboxylic acid groups (broad SMARTS) is 4. The molecule has 1 fully saturated rings. The van der Waals surface area contributed by atoms with Gasteiger partial charge >= 0.3 is 23.9 Å². The Morgan fingerprint density at radius 3 is 1.62 bits per heavy atom. The first-order valence-electron chi connectivity index (χ1n) is 13.0. The van der Waals surface area contributed by atoms with Crippen molar-refractivity contribution in [2.75, 3.05) is 77.3 Å². The fourth-order valence-corrected chi connectivity index (χ4v) is 4.70. The zero-order chi connectivity index (χ0) is 28.9. The molecule has 39 heavy (non-hydrogen) atoms. The fraction of sp³-hybridized carbons (Fsp3) is 0.615. The molecule has 1 aromatic carbocycles. The van der Waals surface area contributed by atoms with Crippen molar-refractivity contribution < 1.29 is 39.6 Å². The molecule has 0 saturated carbocycles. The van der Waals surface area contributed by atoms with E-state index < -0.39 is 23.9 Å². The SMILES string of the molecule is CC(C)Nc1ccc(CC2CN(CC(=O)O)CCN(CC(=O)O)CCN(CC(=O)O)CCN2CC(=O)O)cc1. The molecular formula is C26H41N5O8. The normalized spacial score (nSPS) is 19.2. The summed E-state index contributed by atoms with van der Waals surface area (Å²) in [6, 6.07) is 7.66. The van der Waals surface area contributed by atoms with Crippen LogP contribution in [0, 0.1) is 0 Å². The molecule has 1 aliphatic heterocycles. The predicted octanol–water partition coefficient (Wildman–Crippen LogP) is -0.0220. The first-order chi connectivity index (χ1) is 18.4. The van der Waals surface area contributed by atoms with E-state index in [0.29, 0.717) is 6.42 Å². The van der Waals surface area contributed by atoms with Crippen LogP contribution in [0.1, 0.15) is 19.4 Å². The standard InChI is InChI=1S/C26H41N5O8/c1-19(2)27-21-5-3-20(4-6-21)13-22-14-30(17-25(36)37)10-9-28(15-23(32)33)7-8-29(16-24(34)35)11-12-31(22)18-26(38)39/h3-6,19,22,27H,7-18H2,1-2H3,(H,32,33)(H,34,35)(H,36,37)(H,38,39). The Morgan fingerprint density at radius 1 is 0.718 bits per heavy atom. The van der Waals surface area contributed by atoms with Gasteiger partial charge in [0, 0.05) is 63.6 Å². The van der Waals surface area contributed by atoms with E-state index in [1.165, 1.54) is 0 Å². The lowest BCUT2D eigenvalue weighted by atomic mass is 10.0. The highest BCUT2D eigenvalue weighted by Gasteiger charge is 2.27. The Bertz CT molecular complexity index is 958. The van der Waals surface area contributed by atoms with Crippen LogP contribution in [-0.2, 0) is 25.6 Å². The second kappa shape index (κ2) is 16.0. The molecule has 5 N–H and O–H groups in total. The van der Waals surface area contributed by atoms with Crippen LogP contribution in [-0.4, -0.2) is 148 Å². The number of nitrogens with one attached hydrogen (secondary N) is 1. The van der Waals surface area contributed by atoms with E-state index in [1.54, 1.807) is 19.6 Å². The minimum Gasteiger partial charge on any atom is -0.480 e. The molecule has 218 valence electrons. The van der Waals surface area contributed by atoms with Crippen LogP contribution in [0.25, 0.3) is 0 Å². The van der Waals surface area contributed by atoms with Gasteiger partial charge in [0.05, 0.1) is 26.2 Å². The molecule has 1 saturated heterocycles. The zero-order valence-corrected chi connectivity index (χ0v) is 22.7. The molecule has 1 atom stereocenters. The smallest absolute Gasteiger partial charge is 0.317 e. The van der Waals surface area contributed by atoms with Gasteiger partial charge in [0.1, 0.15) is 0 Å². The Labute approximate surface area is 228 Å². The molecule has 13 nitrogen and oxygen atoms in total. The van der Waals surface area contributed by atoms with Crippen LogP contribution in [0.4, 0.5) is 5.69 Å². The third kappa shape index (κ3) is 12.9. The molecule has 0 amide bonds. The fourth-order valence-electron chi connectivity index (χ4n) is 4.70. The van der Waals surface area contributed by atoms with Gasteiger partial charge in [-0.25, -0.2) is 0 Å². The summed E-state index contributed by atoms with van der Waals surface area (Å²) in [7, 11) is 0. The third-order valence-corrected chi connectivity index (χ3v) is 6.45. The van der Waals surface area contributed by atoms with E-state index >= 15 is 0 Å². The van der Waals surface area contributed by atoms with E-state index in [1.807, 2.05) is 38.1 Å². The van der Waals surface area contributed by atoms with Gasteiger partial charge in [-0.3, -0.25) is 38.8 Å². The van der Waals surface area contributed by atoms with Crippen LogP contribution >= 0.6 is 0 Å². The monoisotopic (exact) mass is 551 g/mol. The van der Waals surface area contributed by atoms with E-state index in [4.69, 9.17) is 0 Å². The van der Waals surface area contributed by atoms with Crippen molar-refractivity contribution in [2.24, 2.45) is 0 Å². The molecule has 2 rings (SSSR count). The summed E-state index contributed by atoms with van der Waals surface area (Å²) in [5.74, 6) is -4.13. The highest BCUT2D eigenvalue weighted by atomic mass is 16.4. The van der Waals surface area contributed by atoms with Crippen LogP contribution in [0.2, 0.25) is 0 Å². The molecule has 0 aromatic heterocycles. The second-order valence-corrected chi connectivity index (χ2v) is 10.2. The maximum Gasteiger partial charge on any atom is 0.317 e. The first kappa shape index (κ1) is 32.0. The molecule has 0 radical (unpaired) electrons. The van der Waals surface area contributed by atoms with E-state index in [2.05, 4.69) is 5.32 Å². The summed E-state index contributed by atoms with van der Waals surface area (Å²) in [6.45, 7) is 4.80. The molecule has 0 aliphatic carbocycles. The van der Waals surface area contributed by atoms with Crippen molar-refractivity contribution in [1.82, 2.24) is 19.6 Å². The van der Waals surface area contributed by atoms with Crippen LogP contribution in [0.5, 0.6) is 0 Å². The number of carbonyl (C=O) groups is 4. The number of anilines is 1. The summed E-state index contributed by atoms with van der Waals surface area (Å²) < 4.78 is 0. The summed E-state index contributed by atoms with van der Waals surface area (Å²) in [6.07, 6.45) is 0.448. The average molecular weight is 552 g/mol. The molecule has 1 aromatic rings. The molecule has 13 heteroatoms. The Kier molecular flexibility index (Phi) is 13.1. The number of nitrogens with zero attached hydrogens (tertiary/aromatic N) is 4. The Morgan fingerprint density at radius 2 is 1.15 bits per heavy atom. The van der Waals surface area contributed by atoms with Crippen LogP contribution < -0.4 is 5.32 Å². The number of hydrogen-bond donors (Lipinski definition) is 5. The summed E-state index contributed by atoms with van der Waals surface area (Å²) in [5, 5.41) is 41.3. The van der Waals surface area contributed by atoms with Gasteiger partial charge < -0.3 is 25.7 Å². The van der Waals surface area contributed by atoms with Crippen molar-refractivity contribution in [3.05, 3.63) is 29.8 Å². The number of benzene rings is 1. The highest BCUT2D eigenvalue weighted by molar-refractivity contribution is 5.70. The summed E-state index contributed by atoms with van der Waals surface area (Å²) >= 11 is 0. The van der Waals surface area contributed by atoms with Crippen molar-refractivity contribution in [3.63, 3.8) is 0 Å². The van der Waals surface area contributed by atoms with E-state index in [-0.39, 0.29) is 84.1 Å². The minimum absolute atomic E-state index is 0.241. The van der Waals surface area contributed by atoms with Crippen molar-refractivity contribution >= 4 is 29.6 Å². The molecule has 1 aliphatic rings. The predicted molar refractivity (Wildman–Crippen MR) is 144 cm³/mol. The molecule has 0 bridgehead atoms. The first-order valence-corrected chi connectivity index (χ1v) is 13.0. The van der Waals surface area contributed by atoms with Gasteiger partial charge in [0.15, 0.2) is 0 Å². The lowest BCUT2D eigenvalue weighted by molar-refractivity contribution is -0.142. The minimum atomic E-state index is -1.04. The van der Waals surface area contributed by atoms with Gasteiger partial charge in [-0.2, -0.15) is 0 Å². The lowest BCUT2D eigenvalue weighted by Crippen LogP contribution is -2.53. The molecule has 1 unspecified atom stereocenters. The van der Waals surface area contributed by atoms with Crippen LogP contribution in [0.15, 0.2) is 24.3 Å². The molecule has 0 spiro atoms. The maximum absolute atomic E-state index is 11.8.